The third kappa shape index (κ3) is 11.8. The molecule has 2 fully saturated rings. The number of amides is 4. The van der Waals surface area contributed by atoms with Crippen molar-refractivity contribution in [3.63, 3.8) is 0 Å². The molecule has 20 heteroatoms. The zero-order chi connectivity index (χ0) is 69.6. The van der Waals surface area contributed by atoms with Crippen LogP contribution in [0.5, 0.6) is 63.2 Å². The maximum atomic E-state index is 16.4. The lowest BCUT2D eigenvalue weighted by atomic mass is 9.80. The fraction of sp³-hybridized carbons (Fsp3) is 0.146. The molecule has 504 valence electrons. The van der Waals surface area contributed by atoms with E-state index in [9.17, 15) is 0 Å². The van der Waals surface area contributed by atoms with Crippen LogP contribution in [0.2, 0.25) is 0 Å². The zero-order valence-electron chi connectivity index (χ0n) is 55.1. The van der Waals surface area contributed by atoms with Crippen LogP contribution in [-0.2, 0) is 19.1 Å². The molecule has 4 atom stereocenters. The molecule has 4 amide bonds. The van der Waals surface area contributed by atoms with Crippen molar-refractivity contribution < 1.29 is 71.4 Å². The number of epoxide rings is 2. The highest BCUT2D eigenvalue weighted by molar-refractivity contribution is 7.10. The maximum absolute atomic E-state index is 16.4. The highest BCUT2D eigenvalue weighted by atomic mass is 32.1. The van der Waals surface area contributed by atoms with E-state index in [0.717, 1.165) is 37.7 Å². The van der Waals surface area contributed by atoms with Crippen LogP contribution >= 0.6 is 22.7 Å². The molecule has 6 heterocycles. The molecule has 0 saturated carbocycles. The molecule has 13 aromatic rings. The van der Waals surface area contributed by atoms with Gasteiger partial charge in [-0.1, -0.05) is 82.9 Å². The van der Waals surface area contributed by atoms with Crippen LogP contribution in [0.3, 0.4) is 0 Å². The van der Waals surface area contributed by atoms with Gasteiger partial charge in [-0.3, -0.25) is 29.0 Å². The molecular formula is C82H59N3O15S2. The van der Waals surface area contributed by atoms with E-state index in [1.54, 1.807) is 156 Å². The summed E-state index contributed by atoms with van der Waals surface area (Å²) in [7, 11) is 0. The molecule has 102 heavy (non-hydrogen) atoms. The van der Waals surface area contributed by atoms with Gasteiger partial charge in [-0.2, -0.15) is 0 Å². The number of thiophene rings is 2. The Morgan fingerprint density at radius 2 is 0.725 bits per heavy atom. The van der Waals surface area contributed by atoms with Crippen molar-refractivity contribution in [2.45, 2.75) is 52.0 Å². The molecule has 17 rings (SSSR count). The van der Waals surface area contributed by atoms with Crippen molar-refractivity contribution in [3.8, 4) is 63.2 Å². The average molecular weight is 1390 g/mol. The lowest BCUT2D eigenvalue weighted by Gasteiger charge is -2.35. The molecule has 11 aromatic carbocycles. The second-order valence-electron chi connectivity index (χ2n) is 25.6. The van der Waals surface area contributed by atoms with Crippen molar-refractivity contribution in [1.29, 1.82) is 0 Å². The second-order valence-corrected chi connectivity index (χ2v) is 27.5. The summed E-state index contributed by atoms with van der Waals surface area (Å²) in [4.78, 5) is 98.5. The van der Waals surface area contributed by atoms with Crippen LogP contribution in [0.15, 0.2) is 205 Å². The number of nitrogens with zero attached hydrogens (tertiary/aromatic N) is 2. The number of esters is 2. The molecular weight excluding hydrogens is 1330 g/mol. The monoisotopic (exact) mass is 1390 g/mol. The number of anilines is 1. The first-order chi connectivity index (χ1) is 49.6. The normalized spacial score (nSPS) is 15.8. The first-order valence-corrected chi connectivity index (χ1v) is 34.8. The maximum Gasteiger partial charge on any atom is 0.340 e. The van der Waals surface area contributed by atoms with Gasteiger partial charge >= 0.3 is 11.9 Å². The highest BCUT2D eigenvalue weighted by Gasteiger charge is 2.48. The van der Waals surface area contributed by atoms with Crippen LogP contribution in [0, 0.1) is 27.7 Å². The average Bonchev–Trinajstić information content (AvgIpc) is 1.16. The lowest BCUT2D eigenvalue weighted by Crippen LogP contribution is -2.46. The first-order valence-electron chi connectivity index (χ1n) is 33.0. The standard InChI is InChI=1S/C82H59N3O15S2/c1-43-9-19-49(20-10-43)95-61-35-57-67-58(78(87)84(77(57)86)75(65-7-5-33-101-65)81(90)99-53-27-17-47(18-28-53)83-39-55-40-93-55)36-62(96-50-21-11-44(2)12-22-50)70-72-64(98-52-25-15-46(4)16-26-52)38-60-68-59(37-63(71(74(68)72)69(61)73(67)70)97-51-23-13-45(3)14-24-51)79(88)85(80(60)89)76(66-8-6-34-102-66)82(91)100-54-31-29-48(30-32-54)92-41-56-42-94-56/h5-38,55-56,75-76,83H,39-42H2,1-4H3. The molecule has 1 N–H and O–H groups in total. The molecule has 4 aliphatic heterocycles. The molecule has 4 aliphatic rings. The summed E-state index contributed by atoms with van der Waals surface area (Å²) in [6, 6.07) is 52.2. The number of carbonyl (C=O) groups is 6. The van der Waals surface area contributed by atoms with E-state index in [0.29, 0.717) is 64.9 Å². The zero-order valence-corrected chi connectivity index (χ0v) is 56.7. The Morgan fingerprint density at radius 1 is 0.412 bits per heavy atom. The van der Waals surface area contributed by atoms with E-state index in [-0.39, 0.29) is 112 Å². The van der Waals surface area contributed by atoms with Gasteiger partial charge in [0.1, 0.15) is 76.0 Å². The summed E-state index contributed by atoms with van der Waals surface area (Å²) in [5, 5.41) is 8.71. The summed E-state index contributed by atoms with van der Waals surface area (Å²) >= 11 is 2.34. The number of ether oxygens (including phenoxy) is 9. The van der Waals surface area contributed by atoms with E-state index in [1.807, 2.05) is 76.2 Å². The molecule has 0 bridgehead atoms. The van der Waals surface area contributed by atoms with E-state index in [2.05, 4.69) is 5.32 Å². The Hall–Kier alpha value is -11.9. The van der Waals surface area contributed by atoms with Gasteiger partial charge in [-0.25, -0.2) is 9.59 Å². The summed E-state index contributed by atoms with van der Waals surface area (Å²) in [6.45, 7) is 9.98. The number of carbonyl (C=O) groups excluding carboxylic acids is 6. The minimum absolute atomic E-state index is 0.00762. The van der Waals surface area contributed by atoms with Crippen LogP contribution in [0.1, 0.15) is 85.5 Å². The SMILES string of the molecule is Cc1ccc(Oc2cc3c4c(cc(Oc5ccc(C)cc5)c5c6c(Oc7ccc(C)cc7)cc7c8c(cc(Oc9ccc(C)cc9)c(c2c45)c86)C(=O)N(C(C(=O)Oc2ccc(OCC4CO4)cc2)c2cccs2)C7=O)C(=O)N(C(C(=O)Oc2ccc(NCC4CO4)cc2)c2cccs2)C3=O)cc1. The van der Waals surface area contributed by atoms with Crippen LogP contribution < -0.4 is 38.5 Å². The van der Waals surface area contributed by atoms with Crippen LogP contribution in [-0.4, -0.2) is 83.9 Å². The van der Waals surface area contributed by atoms with Gasteiger partial charge in [0.15, 0.2) is 12.1 Å². The van der Waals surface area contributed by atoms with Crippen LogP contribution in [0.25, 0.3) is 43.1 Å². The largest absolute Gasteiger partial charge is 0.491 e. The molecule has 0 spiro atoms. The van der Waals surface area contributed by atoms with E-state index in [4.69, 9.17) is 42.6 Å². The van der Waals surface area contributed by atoms with Crippen molar-refractivity contribution in [2.24, 2.45) is 0 Å². The predicted octanol–water partition coefficient (Wildman–Crippen LogP) is 17.7. The number of aryl methyl sites for hydroxylation is 4. The molecule has 4 unspecified atom stereocenters. The van der Waals surface area contributed by atoms with Crippen LogP contribution in [0.4, 0.5) is 5.69 Å². The second kappa shape index (κ2) is 25.7. The summed E-state index contributed by atoms with van der Waals surface area (Å²) in [5.74, 6) is -2.83. The Kier molecular flexibility index (Phi) is 16.0. The third-order valence-corrected chi connectivity index (χ3v) is 20.3. The van der Waals surface area contributed by atoms with Gasteiger partial charge in [0.2, 0.25) is 0 Å². The molecule has 2 saturated heterocycles. The Bertz CT molecular complexity index is 4960. The summed E-state index contributed by atoms with van der Waals surface area (Å²) in [5.41, 5.74) is 4.33. The van der Waals surface area contributed by atoms with Crippen molar-refractivity contribution in [3.05, 3.63) is 259 Å². The number of benzene rings is 11. The topological polar surface area (TPSA) is 211 Å². The van der Waals surface area contributed by atoms with Gasteiger partial charge in [-0.05, 0) is 172 Å². The van der Waals surface area contributed by atoms with E-state index < -0.39 is 47.7 Å². The van der Waals surface area contributed by atoms with E-state index in [1.165, 1.54) is 22.7 Å². The summed E-state index contributed by atoms with van der Waals surface area (Å²) < 4.78 is 57.6. The Balaban J connectivity index is 0.936. The molecule has 18 nitrogen and oxygen atoms in total. The number of fused-ring (bicyclic) bond motifs is 2. The molecule has 2 aromatic heterocycles. The Morgan fingerprint density at radius 3 is 1.04 bits per heavy atom. The van der Waals surface area contributed by atoms with E-state index >= 15 is 28.8 Å². The lowest BCUT2D eigenvalue weighted by molar-refractivity contribution is -0.139. The van der Waals surface area contributed by atoms with Gasteiger partial charge in [0.25, 0.3) is 23.6 Å². The molecule has 0 radical (unpaired) electrons. The van der Waals surface area contributed by atoms with Gasteiger partial charge in [-0.15, -0.1) is 22.7 Å². The first kappa shape index (κ1) is 63.5. The molecule has 0 aliphatic carbocycles. The van der Waals surface area contributed by atoms with Gasteiger partial charge in [0.05, 0.1) is 41.6 Å². The fourth-order valence-electron chi connectivity index (χ4n) is 13.2. The number of nitrogens with one attached hydrogen (secondary N) is 1. The minimum Gasteiger partial charge on any atom is -0.491 e. The van der Waals surface area contributed by atoms with Crippen molar-refractivity contribution in [2.75, 3.05) is 31.7 Å². The third-order valence-electron chi connectivity index (χ3n) is 18.4. The quantitative estimate of drug-likeness (QED) is 0.0167. The predicted molar refractivity (Wildman–Crippen MR) is 385 cm³/mol. The number of rotatable bonds is 22. The number of imide groups is 2. The highest BCUT2D eigenvalue weighted by Crippen LogP contribution is 2.59. The van der Waals surface area contributed by atoms with Gasteiger partial charge in [0, 0.05) is 65.1 Å². The Labute approximate surface area is 590 Å². The van der Waals surface area contributed by atoms with Gasteiger partial charge < -0.3 is 47.9 Å². The minimum atomic E-state index is -1.63. The summed E-state index contributed by atoms with van der Waals surface area (Å²) in [6.07, 6.45) is 0.125. The number of hydrogen-bond acceptors (Lipinski definition) is 18. The smallest absolute Gasteiger partial charge is 0.340 e. The number of hydrogen-bond donors (Lipinski definition) is 1. The van der Waals surface area contributed by atoms with Crippen molar-refractivity contribution in [1.82, 2.24) is 9.80 Å². The fourth-order valence-corrected chi connectivity index (χ4v) is 14.8. The van der Waals surface area contributed by atoms with Crippen molar-refractivity contribution >= 4 is 107 Å².